The first-order valence-corrected chi connectivity index (χ1v) is 4.88. The lowest BCUT2D eigenvalue weighted by molar-refractivity contribution is 0.598. The fraction of sp³-hybridized carbons (Fsp3) is 0. The van der Waals surface area contributed by atoms with Gasteiger partial charge in [-0.1, -0.05) is 12.2 Å². The van der Waals surface area contributed by atoms with Crippen LogP contribution >= 0.6 is 12.2 Å². The summed E-state index contributed by atoms with van der Waals surface area (Å²) in [7, 11) is 0. The molecule has 1 aromatic carbocycles. The van der Waals surface area contributed by atoms with Crippen LogP contribution in [0, 0.1) is 4.64 Å². The minimum absolute atomic E-state index is 0.589. The van der Waals surface area contributed by atoms with Crippen molar-refractivity contribution in [2.45, 2.75) is 0 Å². The van der Waals surface area contributed by atoms with Crippen LogP contribution in [0.3, 0.4) is 0 Å². The monoisotopic (exact) mass is 214 g/mol. The fourth-order valence-corrected chi connectivity index (χ4v) is 1.70. The minimum Gasteiger partial charge on any atom is -0.461 e. The summed E-state index contributed by atoms with van der Waals surface area (Å²) in [5.41, 5.74) is 2.38. The van der Waals surface area contributed by atoms with Crippen LogP contribution in [0.15, 0.2) is 41.1 Å². The third-order valence-corrected chi connectivity index (χ3v) is 2.44. The van der Waals surface area contributed by atoms with Crippen molar-refractivity contribution in [2.75, 3.05) is 0 Å². The van der Waals surface area contributed by atoms with Gasteiger partial charge in [0.1, 0.15) is 16.4 Å². The molecule has 3 nitrogen and oxygen atoms in total. The van der Waals surface area contributed by atoms with Gasteiger partial charge in [-0.05, 0) is 18.2 Å². The van der Waals surface area contributed by atoms with Crippen LogP contribution in [-0.4, -0.2) is 9.97 Å². The number of aromatic nitrogens is 2. The molecule has 0 fully saturated rings. The Hall–Kier alpha value is -1.81. The maximum absolute atomic E-state index is 5.32. The molecule has 2 aromatic heterocycles. The largest absolute Gasteiger partial charge is 0.461 e. The van der Waals surface area contributed by atoms with Gasteiger partial charge < -0.3 is 4.42 Å². The summed E-state index contributed by atoms with van der Waals surface area (Å²) in [6.07, 6.45) is 3.18. The van der Waals surface area contributed by atoms with E-state index in [9.17, 15) is 0 Å². The van der Waals surface area contributed by atoms with E-state index in [4.69, 9.17) is 16.6 Å². The second-order valence-electron chi connectivity index (χ2n) is 3.19. The molecule has 0 aliphatic carbocycles. The molecule has 4 heteroatoms. The summed E-state index contributed by atoms with van der Waals surface area (Å²) < 4.78 is 5.91. The number of fused-ring (bicyclic) bond motifs is 2. The molecule has 0 spiro atoms. The van der Waals surface area contributed by atoms with Crippen LogP contribution in [0.4, 0.5) is 0 Å². The normalized spacial score (nSPS) is 10.9. The van der Waals surface area contributed by atoms with Gasteiger partial charge in [-0.2, -0.15) is 0 Å². The van der Waals surface area contributed by atoms with Crippen LogP contribution in [0.1, 0.15) is 0 Å². The predicted octanol–water partition coefficient (Wildman–Crippen LogP) is 3.11. The molecule has 0 radical (unpaired) electrons. The van der Waals surface area contributed by atoms with E-state index in [1.807, 2.05) is 24.3 Å². The van der Waals surface area contributed by atoms with E-state index < -0.39 is 0 Å². The first kappa shape index (κ1) is 8.49. The predicted molar refractivity (Wildman–Crippen MR) is 60.1 cm³/mol. The Kier molecular flexibility index (Phi) is 1.76. The molecule has 15 heavy (non-hydrogen) atoms. The first-order chi connectivity index (χ1) is 7.33. The van der Waals surface area contributed by atoms with Crippen molar-refractivity contribution in [3.8, 4) is 0 Å². The van der Waals surface area contributed by atoms with Crippen molar-refractivity contribution in [3.63, 3.8) is 0 Å². The lowest BCUT2D eigenvalue weighted by atomic mass is 10.2. The summed E-state index contributed by atoms with van der Waals surface area (Å²) in [4.78, 5) is 8.46. The zero-order valence-electron chi connectivity index (χ0n) is 7.68. The van der Waals surface area contributed by atoms with Gasteiger partial charge in [0.25, 0.3) is 0 Å². The van der Waals surface area contributed by atoms with Gasteiger partial charge >= 0.3 is 0 Å². The van der Waals surface area contributed by atoms with E-state index in [0.717, 1.165) is 22.0 Å². The molecule has 0 aliphatic rings. The van der Waals surface area contributed by atoms with E-state index >= 15 is 0 Å². The highest BCUT2D eigenvalue weighted by molar-refractivity contribution is 7.71. The maximum atomic E-state index is 5.32. The Morgan fingerprint density at radius 1 is 1.13 bits per heavy atom. The van der Waals surface area contributed by atoms with Gasteiger partial charge in [0.2, 0.25) is 0 Å². The van der Waals surface area contributed by atoms with Crippen LogP contribution in [0.2, 0.25) is 0 Å². The topological polar surface area (TPSA) is 38.9 Å². The number of hydrogen-bond acceptors (Lipinski definition) is 4. The summed E-state index contributed by atoms with van der Waals surface area (Å²) in [6, 6.07) is 7.55. The average Bonchev–Trinajstić information content (AvgIpc) is 2.26. The standard InChI is InChI=1S/C11H6N2OS/c15-11-2-1-7-5-9-10(6-8(7)13-11)14-4-3-12-9/h1-6H. The second-order valence-corrected chi connectivity index (χ2v) is 3.61. The number of hydrogen-bond donors (Lipinski definition) is 0. The zero-order valence-corrected chi connectivity index (χ0v) is 8.49. The SMILES string of the molecule is S=c1ccc2cc3nccoc3cc2n1. The molecule has 0 saturated heterocycles. The van der Waals surface area contributed by atoms with Crippen molar-refractivity contribution in [2.24, 2.45) is 0 Å². The molecule has 3 aromatic rings. The number of rotatable bonds is 0. The smallest absolute Gasteiger partial charge is 0.154 e. The molecular weight excluding hydrogens is 208 g/mol. The summed E-state index contributed by atoms with van der Waals surface area (Å²) in [6.45, 7) is 0. The molecule has 3 rings (SSSR count). The lowest BCUT2D eigenvalue weighted by Crippen LogP contribution is -1.82. The van der Waals surface area contributed by atoms with Crippen molar-refractivity contribution in [1.82, 2.24) is 9.97 Å². The first-order valence-electron chi connectivity index (χ1n) is 4.47. The molecule has 0 bridgehead atoms. The highest BCUT2D eigenvalue weighted by atomic mass is 32.1. The molecule has 0 saturated carbocycles. The van der Waals surface area contributed by atoms with Crippen molar-refractivity contribution < 1.29 is 4.42 Å². The Morgan fingerprint density at radius 2 is 2.07 bits per heavy atom. The van der Waals surface area contributed by atoms with E-state index in [0.29, 0.717) is 4.64 Å². The number of pyridine rings is 1. The summed E-state index contributed by atoms with van der Waals surface area (Å²) in [5.74, 6) is 0. The number of benzene rings is 1. The summed E-state index contributed by atoms with van der Waals surface area (Å²) in [5, 5.41) is 1.02. The molecule has 0 N–H and O–H groups in total. The third-order valence-electron chi connectivity index (χ3n) is 2.21. The molecule has 2 heterocycles. The second kappa shape index (κ2) is 3.10. The van der Waals surface area contributed by atoms with E-state index in [1.54, 1.807) is 12.5 Å². The van der Waals surface area contributed by atoms with Crippen LogP contribution in [-0.2, 0) is 0 Å². The minimum atomic E-state index is 0.589. The van der Waals surface area contributed by atoms with E-state index in [2.05, 4.69) is 9.97 Å². The average molecular weight is 214 g/mol. The third kappa shape index (κ3) is 1.39. The Morgan fingerprint density at radius 3 is 3.00 bits per heavy atom. The molecular formula is C11H6N2OS. The zero-order chi connectivity index (χ0) is 10.3. The fourth-order valence-electron chi connectivity index (χ4n) is 1.53. The quantitative estimate of drug-likeness (QED) is 0.426. The highest BCUT2D eigenvalue weighted by Crippen LogP contribution is 2.19. The Bertz CT molecular complexity index is 705. The van der Waals surface area contributed by atoms with Crippen LogP contribution in [0.25, 0.3) is 22.0 Å². The maximum Gasteiger partial charge on any atom is 0.154 e. The van der Waals surface area contributed by atoms with E-state index in [1.165, 1.54) is 0 Å². The Labute approximate surface area is 90.4 Å². The van der Waals surface area contributed by atoms with Gasteiger partial charge in [-0.15, -0.1) is 0 Å². The van der Waals surface area contributed by atoms with Crippen LogP contribution < -0.4 is 0 Å². The van der Waals surface area contributed by atoms with E-state index in [-0.39, 0.29) is 0 Å². The van der Waals surface area contributed by atoms with Crippen molar-refractivity contribution >= 4 is 34.2 Å². The van der Waals surface area contributed by atoms with Gasteiger partial charge in [0.05, 0.1) is 11.7 Å². The highest BCUT2D eigenvalue weighted by Gasteiger charge is 2.00. The number of nitrogens with zero attached hydrogens (tertiary/aromatic N) is 2. The molecule has 0 aliphatic heterocycles. The molecule has 0 unspecified atom stereocenters. The summed E-state index contributed by atoms with van der Waals surface area (Å²) >= 11 is 5.00. The Balaban J connectivity index is 2.53. The van der Waals surface area contributed by atoms with Crippen molar-refractivity contribution in [1.29, 1.82) is 0 Å². The lowest BCUT2D eigenvalue weighted by Gasteiger charge is -1.98. The van der Waals surface area contributed by atoms with Crippen molar-refractivity contribution in [3.05, 3.63) is 41.4 Å². The van der Waals surface area contributed by atoms with Crippen LogP contribution in [0.5, 0.6) is 0 Å². The molecule has 0 atom stereocenters. The van der Waals surface area contributed by atoms with Gasteiger partial charge in [0.15, 0.2) is 5.58 Å². The van der Waals surface area contributed by atoms with Gasteiger partial charge in [0, 0.05) is 11.5 Å². The molecule has 0 amide bonds. The molecule has 72 valence electrons. The van der Waals surface area contributed by atoms with Gasteiger partial charge in [-0.3, -0.25) is 0 Å². The van der Waals surface area contributed by atoms with Gasteiger partial charge in [-0.25, -0.2) is 9.97 Å².